The number of rotatable bonds is 8. The van der Waals surface area contributed by atoms with Crippen LogP contribution in [-0.4, -0.2) is 40.1 Å². The van der Waals surface area contributed by atoms with Crippen LogP contribution in [-0.2, 0) is 20.9 Å². The highest BCUT2D eigenvalue weighted by Gasteiger charge is 2.16. The van der Waals surface area contributed by atoms with Gasteiger partial charge in [-0.15, -0.1) is 5.10 Å². The summed E-state index contributed by atoms with van der Waals surface area (Å²) in [5, 5.41) is 10.7. The molecule has 0 aliphatic carbocycles. The van der Waals surface area contributed by atoms with Crippen molar-refractivity contribution in [1.29, 1.82) is 0 Å². The monoisotopic (exact) mass is 406 g/mol. The highest BCUT2D eigenvalue weighted by molar-refractivity contribution is 5.96. The number of nitrogens with zero attached hydrogens (tertiary/aromatic N) is 3. The fourth-order valence-corrected chi connectivity index (χ4v) is 2.58. The zero-order chi connectivity index (χ0) is 21.3. The Bertz CT molecular complexity index is 1010. The maximum absolute atomic E-state index is 12.2. The number of hydrogen-bond acceptors (Lipinski definition) is 6. The molecule has 3 aromatic rings. The molecule has 0 unspecified atom stereocenters. The van der Waals surface area contributed by atoms with E-state index < -0.39 is 18.0 Å². The van der Waals surface area contributed by atoms with Crippen LogP contribution in [0.2, 0.25) is 0 Å². The van der Waals surface area contributed by atoms with Gasteiger partial charge in [-0.1, -0.05) is 35.5 Å². The molecule has 0 fully saturated rings. The van der Waals surface area contributed by atoms with Crippen molar-refractivity contribution >= 4 is 23.6 Å². The normalized spacial score (nSPS) is 11.8. The Morgan fingerprint density at radius 1 is 1.13 bits per heavy atom. The van der Waals surface area contributed by atoms with Crippen LogP contribution in [0, 0.1) is 0 Å². The lowest BCUT2D eigenvalue weighted by atomic mass is 10.2. The first-order valence-electron chi connectivity index (χ1n) is 9.31. The molecule has 8 nitrogen and oxygen atoms in total. The number of anilines is 1. The number of esters is 1. The van der Waals surface area contributed by atoms with Gasteiger partial charge in [0.1, 0.15) is 11.4 Å². The van der Waals surface area contributed by atoms with Crippen LogP contribution >= 0.6 is 0 Å². The van der Waals surface area contributed by atoms with E-state index in [1.165, 1.54) is 19.1 Å². The van der Waals surface area contributed by atoms with Gasteiger partial charge in [0.25, 0.3) is 5.91 Å². The summed E-state index contributed by atoms with van der Waals surface area (Å²) >= 11 is 0. The van der Waals surface area contributed by atoms with Crippen molar-refractivity contribution in [3.63, 3.8) is 0 Å². The maximum atomic E-state index is 12.2. The van der Waals surface area contributed by atoms with Gasteiger partial charge in [-0.25, -0.2) is 9.48 Å². The van der Waals surface area contributed by atoms with Gasteiger partial charge in [0.2, 0.25) is 0 Å². The second kappa shape index (κ2) is 10.0. The summed E-state index contributed by atoms with van der Waals surface area (Å²) in [5.74, 6) is -0.404. The smallest absolute Gasteiger partial charge is 0.331 e. The molecule has 8 heteroatoms. The number of nitrogens with one attached hydrogen (secondary N) is 1. The molecule has 0 bridgehead atoms. The summed E-state index contributed by atoms with van der Waals surface area (Å²) in [5.41, 5.74) is 2.18. The zero-order valence-electron chi connectivity index (χ0n) is 16.7. The summed E-state index contributed by atoms with van der Waals surface area (Å²) in [6, 6.07) is 16.7. The highest BCUT2D eigenvalue weighted by atomic mass is 16.5. The lowest BCUT2D eigenvalue weighted by Crippen LogP contribution is -2.29. The summed E-state index contributed by atoms with van der Waals surface area (Å²) in [4.78, 5) is 24.2. The quantitative estimate of drug-likeness (QED) is 0.457. The van der Waals surface area contributed by atoms with Gasteiger partial charge in [-0.3, -0.25) is 4.79 Å². The number of carbonyl (C=O) groups excluding carboxylic acids is 2. The fourth-order valence-electron chi connectivity index (χ4n) is 2.58. The van der Waals surface area contributed by atoms with Gasteiger partial charge >= 0.3 is 5.97 Å². The number of ether oxygens (including phenoxy) is 2. The van der Waals surface area contributed by atoms with Crippen molar-refractivity contribution in [2.75, 3.05) is 12.4 Å². The molecule has 1 amide bonds. The lowest BCUT2D eigenvalue weighted by molar-refractivity contribution is -0.148. The fraction of sp³-hybridized carbons (Fsp3) is 0.182. The Kier molecular flexibility index (Phi) is 6.94. The van der Waals surface area contributed by atoms with Gasteiger partial charge in [-0.2, -0.15) is 0 Å². The Labute approximate surface area is 174 Å². The molecule has 3 rings (SSSR count). The van der Waals surface area contributed by atoms with Crippen molar-refractivity contribution < 1.29 is 19.1 Å². The van der Waals surface area contributed by atoms with Crippen molar-refractivity contribution in [2.45, 2.75) is 19.6 Å². The third-order valence-electron chi connectivity index (χ3n) is 4.15. The third-order valence-corrected chi connectivity index (χ3v) is 4.15. The Hall–Kier alpha value is -3.94. The predicted molar refractivity (Wildman–Crippen MR) is 112 cm³/mol. The molecule has 0 radical (unpaired) electrons. The maximum Gasteiger partial charge on any atom is 0.331 e. The molecular formula is C22H22N4O4. The van der Waals surface area contributed by atoms with Crippen LogP contribution < -0.4 is 10.1 Å². The van der Waals surface area contributed by atoms with Crippen molar-refractivity contribution in [1.82, 2.24) is 15.0 Å². The van der Waals surface area contributed by atoms with E-state index in [4.69, 9.17) is 9.47 Å². The van der Waals surface area contributed by atoms with Crippen molar-refractivity contribution in [3.05, 3.63) is 78.1 Å². The van der Waals surface area contributed by atoms with E-state index >= 15 is 0 Å². The molecule has 1 atom stereocenters. The largest absolute Gasteiger partial charge is 0.497 e. The molecule has 0 saturated carbocycles. The molecule has 30 heavy (non-hydrogen) atoms. The standard InChI is InChI=1S/C22H22N4O4/c1-16(22(28)23-18-8-11-20(29-2)12-9-18)30-21(27)13-10-19-15-26(25-24-19)14-17-6-4-3-5-7-17/h3-13,15-16H,14H2,1-2H3,(H,23,28)/b13-10+/t16-/m0/s1. The van der Waals surface area contributed by atoms with Crippen molar-refractivity contribution in [2.24, 2.45) is 0 Å². The Morgan fingerprint density at radius 2 is 1.87 bits per heavy atom. The summed E-state index contributed by atoms with van der Waals surface area (Å²) in [6.45, 7) is 2.08. The van der Waals surface area contributed by atoms with E-state index in [1.54, 1.807) is 42.3 Å². The van der Waals surface area contributed by atoms with E-state index in [0.717, 1.165) is 5.56 Å². The van der Waals surface area contributed by atoms with Crippen LogP contribution in [0.5, 0.6) is 5.75 Å². The number of aromatic nitrogens is 3. The number of amides is 1. The molecule has 0 spiro atoms. The average Bonchev–Trinajstić information content (AvgIpc) is 3.20. The average molecular weight is 406 g/mol. The van der Waals surface area contributed by atoms with Gasteiger partial charge in [-0.05, 0) is 42.8 Å². The second-order valence-corrected chi connectivity index (χ2v) is 6.46. The van der Waals surface area contributed by atoms with Crippen LogP contribution in [0.3, 0.4) is 0 Å². The van der Waals surface area contributed by atoms with Crippen LogP contribution in [0.1, 0.15) is 18.2 Å². The van der Waals surface area contributed by atoms with Gasteiger partial charge in [0, 0.05) is 11.8 Å². The molecule has 154 valence electrons. The van der Waals surface area contributed by atoms with E-state index in [-0.39, 0.29) is 0 Å². The van der Waals surface area contributed by atoms with Gasteiger partial charge < -0.3 is 14.8 Å². The van der Waals surface area contributed by atoms with E-state index in [9.17, 15) is 9.59 Å². The molecular weight excluding hydrogens is 384 g/mol. The second-order valence-electron chi connectivity index (χ2n) is 6.46. The lowest BCUT2D eigenvalue weighted by Gasteiger charge is -2.12. The first-order valence-corrected chi connectivity index (χ1v) is 9.31. The number of hydrogen-bond donors (Lipinski definition) is 1. The minimum atomic E-state index is -0.960. The summed E-state index contributed by atoms with van der Waals surface area (Å²) in [6.07, 6.45) is 3.47. The number of carbonyl (C=O) groups is 2. The molecule has 1 heterocycles. The SMILES string of the molecule is COc1ccc(NC(=O)[C@H](C)OC(=O)/C=C/c2cn(Cc3ccccc3)nn2)cc1. The van der Waals surface area contributed by atoms with Crippen molar-refractivity contribution in [3.8, 4) is 5.75 Å². The molecule has 1 aromatic heterocycles. The highest BCUT2D eigenvalue weighted by Crippen LogP contribution is 2.15. The topological polar surface area (TPSA) is 95.3 Å². The zero-order valence-corrected chi connectivity index (χ0v) is 16.7. The van der Waals surface area contributed by atoms with Crippen LogP contribution in [0.15, 0.2) is 66.9 Å². The van der Waals surface area contributed by atoms with E-state index in [2.05, 4.69) is 15.6 Å². The first kappa shape index (κ1) is 20.8. The molecule has 0 aliphatic rings. The van der Waals surface area contributed by atoms with E-state index in [0.29, 0.717) is 23.7 Å². The number of methoxy groups -OCH3 is 1. The summed E-state index contributed by atoms with van der Waals surface area (Å²) < 4.78 is 11.9. The summed E-state index contributed by atoms with van der Waals surface area (Å²) in [7, 11) is 1.56. The minimum Gasteiger partial charge on any atom is -0.497 e. The molecule has 0 saturated heterocycles. The van der Waals surface area contributed by atoms with Crippen LogP contribution in [0.25, 0.3) is 6.08 Å². The molecule has 0 aliphatic heterocycles. The Morgan fingerprint density at radius 3 is 2.57 bits per heavy atom. The number of benzene rings is 2. The van der Waals surface area contributed by atoms with E-state index in [1.807, 2.05) is 30.3 Å². The predicted octanol–water partition coefficient (Wildman–Crippen LogP) is 2.92. The molecule has 2 aromatic carbocycles. The first-order chi connectivity index (χ1) is 14.5. The Balaban J connectivity index is 1.49. The van der Waals surface area contributed by atoms with Crippen LogP contribution in [0.4, 0.5) is 5.69 Å². The molecule has 1 N–H and O–H groups in total. The minimum absolute atomic E-state index is 0.435. The third kappa shape index (κ3) is 6.03. The van der Waals surface area contributed by atoms with Gasteiger partial charge in [0.15, 0.2) is 6.10 Å². The van der Waals surface area contributed by atoms with Gasteiger partial charge in [0.05, 0.1) is 19.9 Å².